The van der Waals surface area contributed by atoms with Crippen LogP contribution in [0.15, 0.2) is 30.5 Å². The van der Waals surface area contributed by atoms with Crippen LogP contribution in [0.5, 0.6) is 0 Å². The maximum absolute atomic E-state index is 13.0. The number of carbonyl (C=O) groups excluding carboxylic acids is 1. The van der Waals surface area contributed by atoms with E-state index in [1.165, 1.54) is 12.1 Å². The van der Waals surface area contributed by atoms with Crippen molar-refractivity contribution in [1.29, 1.82) is 0 Å². The highest BCUT2D eigenvalue weighted by molar-refractivity contribution is 5.86. The summed E-state index contributed by atoms with van der Waals surface area (Å²) in [4.78, 5) is 14.4. The highest BCUT2D eigenvalue weighted by atomic mass is 19.1. The highest BCUT2D eigenvalue weighted by Crippen LogP contribution is 2.15. The molecule has 2 aromatic rings. The molecule has 1 aromatic carbocycles. The van der Waals surface area contributed by atoms with Gasteiger partial charge in [-0.15, -0.1) is 0 Å². The Kier molecular flexibility index (Phi) is 1.77. The third-order valence-corrected chi connectivity index (χ3v) is 1.85. The van der Waals surface area contributed by atoms with Crippen molar-refractivity contribution in [1.82, 2.24) is 4.98 Å². The Bertz CT molecular complexity index is 467. The summed E-state index contributed by atoms with van der Waals surface area (Å²) in [5.41, 5.74) is 0.631. The van der Waals surface area contributed by atoms with Crippen molar-refractivity contribution >= 4 is 17.2 Å². The van der Waals surface area contributed by atoms with Gasteiger partial charge in [0.25, 0.3) is 0 Å². The van der Waals surface area contributed by atoms with Gasteiger partial charge in [-0.05, 0) is 12.1 Å². The first-order chi connectivity index (χ1) is 6.31. The van der Waals surface area contributed by atoms with Crippen LogP contribution >= 0.6 is 0 Å². The summed E-state index contributed by atoms with van der Waals surface area (Å²) >= 11 is 0. The molecule has 0 radical (unpaired) electrons. The van der Waals surface area contributed by atoms with E-state index in [0.29, 0.717) is 11.8 Å². The zero-order valence-corrected chi connectivity index (χ0v) is 6.70. The van der Waals surface area contributed by atoms with Gasteiger partial charge < -0.3 is 0 Å². The summed E-state index contributed by atoms with van der Waals surface area (Å²) in [5.74, 6) is -0.527. The molecule has 1 aromatic heterocycles. The minimum absolute atomic E-state index is 0.0699. The summed E-state index contributed by atoms with van der Waals surface area (Å²) in [7, 11) is 0. The average Bonchev–Trinajstić information content (AvgIpc) is 2.17. The number of aromatic nitrogens is 1. The van der Waals surface area contributed by atoms with E-state index in [0.717, 1.165) is 5.39 Å². The molecule has 0 aliphatic carbocycles. The molecule has 64 valence electrons. The first-order valence-electron chi connectivity index (χ1n) is 3.81. The third-order valence-electron chi connectivity index (χ3n) is 1.85. The highest BCUT2D eigenvalue weighted by Gasteiger charge is 2.03. The Morgan fingerprint density at radius 1 is 1.38 bits per heavy atom. The van der Waals surface area contributed by atoms with E-state index < -0.39 is 5.82 Å². The molecule has 0 aliphatic heterocycles. The quantitative estimate of drug-likeness (QED) is 0.622. The first-order valence-corrected chi connectivity index (χ1v) is 3.81. The Balaban J connectivity index is 2.81. The number of carbonyl (C=O) groups is 1. The largest absolute Gasteiger partial charge is 0.298 e. The Morgan fingerprint density at radius 3 is 3.00 bits per heavy atom. The molecular weight excluding hydrogens is 169 g/mol. The second-order valence-electron chi connectivity index (χ2n) is 2.69. The number of aldehydes is 1. The van der Waals surface area contributed by atoms with Gasteiger partial charge in [0, 0.05) is 17.6 Å². The fourth-order valence-electron chi connectivity index (χ4n) is 1.20. The van der Waals surface area contributed by atoms with Gasteiger partial charge in [0.1, 0.15) is 5.82 Å². The zero-order valence-electron chi connectivity index (χ0n) is 6.70. The molecular formula is C10H6FNO. The SMILES string of the molecule is O=Cc1cc2cccnc2cc1F. The van der Waals surface area contributed by atoms with Crippen LogP contribution in [0.25, 0.3) is 10.9 Å². The Morgan fingerprint density at radius 2 is 2.23 bits per heavy atom. The molecule has 2 rings (SSSR count). The lowest BCUT2D eigenvalue weighted by molar-refractivity contribution is 0.112. The van der Waals surface area contributed by atoms with Crippen molar-refractivity contribution in [3.8, 4) is 0 Å². The number of halogens is 1. The van der Waals surface area contributed by atoms with Crippen LogP contribution in [0.1, 0.15) is 10.4 Å². The van der Waals surface area contributed by atoms with Crippen LogP contribution in [0, 0.1) is 5.82 Å². The summed E-state index contributed by atoms with van der Waals surface area (Å²) in [6.45, 7) is 0. The minimum Gasteiger partial charge on any atom is -0.298 e. The fourth-order valence-corrected chi connectivity index (χ4v) is 1.20. The van der Waals surface area contributed by atoms with Crippen LogP contribution in [0.2, 0.25) is 0 Å². The van der Waals surface area contributed by atoms with Gasteiger partial charge in [0.15, 0.2) is 6.29 Å². The van der Waals surface area contributed by atoms with E-state index in [9.17, 15) is 9.18 Å². The van der Waals surface area contributed by atoms with E-state index >= 15 is 0 Å². The maximum Gasteiger partial charge on any atom is 0.153 e. The van der Waals surface area contributed by atoms with Gasteiger partial charge in [-0.2, -0.15) is 0 Å². The molecule has 0 aliphatic rings. The number of rotatable bonds is 1. The predicted molar refractivity (Wildman–Crippen MR) is 47.1 cm³/mol. The second kappa shape index (κ2) is 2.94. The molecule has 0 amide bonds. The molecule has 1 heterocycles. The monoisotopic (exact) mass is 175 g/mol. The van der Waals surface area contributed by atoms with Crippen molar-refractivity contribution in [2.75, 3.05) is 0 Å². The molecule has 0 bridgehead atoms. The fraction of sp³-hybridized carbons (Fsp3) is 0. The summed E-state index contributed by atoms with van der Waals surface area (Å²) in [6, 6.07) is 6.29. The average molecular weight is 175 g/mol. The number of benzene rings is 1. The lowest BCUT2D eigenvalue weighted by atomic mass is 10.1. The maximum atomic E-state index is 13.0. The van der Waals surface area contributed by atoms with Crippen molar-refractivity contribution in [2.45, 2.75) is 0 Å². The van der Waals surface area contributed by atoms with Crippen LogP contribution in [0.4, 0.5) is 4.39 Å². The standard InChI is InChI=1S/C10H6FNO/c11-9-5-10-7(2-1-3-12-10)4-8(9)6-13/h1-6H. The molecule has 0 saturated heterocycles. The lowest BCUT2D eigenvalue weighted by Crippen LogP contribution is -1.88. The topological polar surface area (TPSA) is 30.0 Å². The van der Waals surface area contributed by atoms with E-state index in [4.69, 9.17) is 0 Å². The van der Waals surface area contributed by atoms with Crippen molar-refractivity contribution in [2.24, 2.45) is 0 Å². The second-order valence-corrected chi connectivity index (χ2v) is 2.69. The first kappa shape index (κ1) is 7.86. The number of nitrogens with zero attached hydrogens (tertiary/aromatic N) is 1. The molecule has 0 unspecified atom stereocenters. The third kappa shape index (κ3) is 1.28. The molecule has 0 saturated carbocycles. The van der Waals surface area contributed by atoms with Crippen LogP contribution in [-0.4, -0.2) is 11.3 Å². The predicted octanol–water partition coefficient (Wildman–Crippen LogP) is 2.19. The van der Waals surface area contributed by atoms with E-state index in [1.54, 1.807) is 18.3 Å². The van der Waals surface area contributed by atoms with Gasteiger partial charge in [-0.3, -0.25) is 9.78 Å². The molecule has 13 heavy (non-hydrogen) atoms. The van der Waals surface area contributed by atoms with Gasteiger partial charge in [0.05, 0.1) is 11.1 Å². The van der Waals surface area contributed by atoms with Gasteiger partial charge in [-0.1, -0.05) is 6.07 Å². The summed E-state index contributed by atoms with van der Waals surface area (Å²) < 4.78 is 13.0. The van der Waals surface area contributed by atoms with Crippen LogP contribution in [-0.2, 0) is 0 Å². The zero-order chi connectivity index (χ0) is 9.26. The normalized spacial score (nSPS) is 10.2. The van der Waals surface area contributed by atoms with E-state index in [2.05, 4.69) is 4.98 Å². The van der Waals surface area contributed by atoms with E-state index in [-0.39, 0.29) is 5.56 Å². The number of fused-ring (bicyclic) bond motifs is 1. The van der Waals surface area contributed by atoms with Crippen molar-refractivity contribution in [3.63, 3.8) is 0 Å². The minimum atomic E-state index is -0.527. The van der Waals surface area contributed by atoms with Gasteiger partial charge >= 0.3 is 0 Å². The Labute approximate surface area is 74.0 Å². The van der Waals surface area contributed by atoms with Crippen LogP contribution < -0.4 is 0 Å². The summed E-state index contributed by atoms with van der Waals surface area (Å²) in [5, 5.41) is 0.769. The molecule has 0 spiro atoms. The molecule has 2 nitrogen and oxygen atoms in total. The number of hydrogen-bond acceptors (Lipinski definition) is 2. The van der Waals surface area contributed by atoms with E-state index in [1.807, 2.05) is 0 Å². The van der Waals surface area contributed by atoms with Crippen LogP contribution in [0.3, 0.4) is 0 Å². The molecule has 3 heteroatoms. The molecule has 0 atom stereocenters. The van der Waals surface area contributed by atoms with Crippen molar-refractivity contribution in [3.05, 3.63) is 41.8 Å². The summed E-state index contributed by atoms with van der Waals surface area (Å²) in [6.07, 6.45) is 2.09. The lowest BCUT2D eigenvalue weighted by Gasteiger charge is -1.98. The number of pyridine rings is 1. The van der Waals surface area contributed by atoms with Gasteiger partial charge in [-0.25, -0.2) is 4.39 Å². The van der Waals surface area contributed by atoms with Gasteiger partial charge in [0.2, 0.25) is 0 Å². The molecule has 0 N–H and O–H groups in total. The smallest absolute Gasteiger partial charge is 0.153 e. The Hall–Kier alpha value is -1.77. The van der Waals surface area contributed by atoms with Crippen molar-refractivity contribution < 1.29 is 9.18 Å². The molecule has 0 fully saturated rings. The number of hydrogen-bond donors (Lipinski definition) is 0.